The molecule has 2 N–H and O–H groups in total. The van der Waals surface area contributed by atoms with E-state index in [0.29, 0.717) is 12.0 Å². The van der Waals surface area contributed by atoms with Gasteiger partial charge in [0.2, 0.25) is 0 Å². The van der Waals surface area contributed by atoms with E-state index in [4.69, 9.17) is 34.2 Å². The van der Waals surface area contributed by atoms with E-state index in [1.165, 1.54) is 19.2 Å². The summed E-state index contributed by atoms with van der Waals surface area (Å²) < 4.78 is 30.7. The van der Waals surface area contributed by atoms with Crippen molar-refractivity contribution in [1.82, 2.24) is 0 Å². The minimum atomic E-state index is -1.58. The van der Waals surface area contributed by atoms with Crippen LogP contribution in [0.15, 0.2) is 18.2 Å². The largest absolute Gasteiger partial charge is 0.514 e. The number of nitrogens with two attached hydrogens (primary N) is 1. The molecule has 1 unspecified atom stereocenters. The van der Waals surface area contributed by atoms with Gasteiger partial charge in [0.05, 0.1) is 19.3 Å². The number of rotatable bonds is 13. The molecule has 0 saturated carbocycles. The van der Waals surface area contributed by atoms with Gasteiger partial charge in [-0.2, -0.15) is 0 Å². The quantitative estimate of drug-likeness (QED) is 0.221. The van der Waals surface area contributed by atoms with Crippen molar-refractivity contribution in [3.05, 3.63) is 23.8 Å². The van der Waals surface area contributed by atoms with Gasteiger partial charge in [-0.3, -0.25) is 9.59 Å². The minimum Gasteiger partial charge on any atom is -0.468 e. The average Bonchev–Trinajstić information content (AvgIpc) is 2.77. The molecule has 0 heterocycles. The third-order valence-electron chi connectivity index (χ3n) is 4.89. The Morgan fingerprint density at radius 3 is 1.97 bits per heavy atom. The van der Waals surface area contributed by atoms with Gasteiger partial charge in [0.15, 0.2) is 11.5 Å². The van der Waals surface area contributed by atoms with E-state index < -0.39 is 42.1 Å². The zero-order valence-corrected chi connectivity index (χ0v) is 22.7. The van der Waals surface area contributed by atoms with Gasteiger partial charge in [-0.05, 0) is 58.7 Å². The fourth-order valence-electron chi connectivity index (χ4n) is 3.39. The monoisotopic (exact) mass is 525 g/mol. The van der Waals surface area contributed by atoms with Gasteiger partial charge in [0.25, 0.3) is 0 Å². The molecule has 208 valence electrons. The molecule has 0 aromatic heterocycles. The van der Waals surface area contributed by atoms with Crippen molar-refractivity contribution in [3.63, 3.8) is 0 Å². The normalized spacial score (nSPS) is 13.4. The Balaban J connectivity index is 3.21. The van der Waals surface area contributed by atoms with E-state index in [1.54, 1.807) is 40.7 Å². The molecule has 1 rings (SSSR count). The molecule has 1 aromatic carbocycles. The number of carbonyl (C=O) groups is 4. The maximum atomic E-state index is 12.7. The molecule has 11 heteroatoms. The number of methoxy groups -OCH3 is 1. The molecule has 0 bridgehead atoms. The van der Waals surface area contributed by atoms with Crippen LogP contribution in [0.5, 0.6) is 11.5 Å². The lowest BCUT2D eigenvalue weighted by atomic mass is 9.86. The topological polar surface area (TPSA) is 150 Å². The number of ether oxygens (including phenoxy) is 6. The van der Waals surface area contributed by atoms with Crippen LogP contribution in [-0.2, 0) is 35.0 Å². The van der Waals surface area contributed by atoms with Crippen molar-refractivity contribution in [2.24, 2.45) is 5.73 Å². The first-order valence-corrected chi connectivity index (χ1v) is 12.3. The van der Waals surface area contributed by atoms with Crippen molar-refractivity contribution in [2.75, 3.05) is 7.11 Å². The second-order valence-corrected chi connectivity index (χ2v) is 9.25. The third kappa shape index (κ3) is 11.5. The number of hydrogen-bond acceptors (Lipinski definition) is 11. The summed E-state index contributed by atoms with van der Waals surface area (Å²) in [5.41, 5.74) is 5.33. The molecule has 2 atom stereocenters. The van der Waals surface area contributed by atoms with Crippen LogP contribution in [0.4, 0.5) is 9.59 Å². The first kappa shape index (κ1) is 31.7. The van der Waals surface area contributed by atoms with Crippen molar-refractivity contribution >= 4 is 24.2 Å². The van der Waals surface area contributed by atoms with E-state index >= 15 is 0 Å². The molecule has 0 amide bonds. The maximum Gasteiger partial charge on any atom is 0.514 e. The Kier molecular flexibility index (Phi) is 12.9. The Labute approximate surface area is 217 Å². The number of hydrogen-bond donors (Lipinski definition) is 1. The standard InChI is InChI=1S/C26H39NO10/c1-8-9-10-22(28)35-18(6)14-26(27,23(29)32-7)15-19-11-12-20(36-24(30)33-16(2)3)21(13-19)37-25(31)34-17(4)5/h11-13,16-18H,8-10,14-15,27H2,1-7H3/t18?,26-/m1/s1. The molecule has 37 heavy (non-hydrogen) atoms. The van der Waals surface area contributed by atoms with Gasteiger partial charge >= 0.3 is 24.2 Å². The van der Waals surface area contributed by atoms with Crippen LogP contribution in [0.1, 0.15) is 72.8 Å². The van der Waals surface area contributed by atoms with Crippen LogP contribution in [0.3, 0.4) is 0 Å². The number of carbonyl (C=O) groups excluding carboxylic acids is 4. The minimum absolute atomic E-state index is 0.0257. The maximum absolute atomic E-state index is 12.7. The predicted molar refractivity (Wildman–Crippen MR) is 133 cm³/mol. The fraction of sp³-hybridized carbons (Fsp3) is 0.615. The van der Waals surface area contributed by atoms with Crippen LogP contribution in [0.25, 0.3) is 0 Å². The van der Waals surface area contributed by atoms with Crippen LogP contribution >= 0.6 is 0 Å². The Morgan fingerprint density at radius 2 is 1.46 bits per heavy atom. The van der Waals surface area contributed by atoms with Gasteiger partial charge in [-0.15, -0.1) is 0 Å². The summed E-state index contributed by atoms with van der Waals surface area (Å²) in [5, 5.41) is 0. The lowest BCUT2D eigenvalue weighted by molar-refractivity contribution is -0.155. The van der Waals surface area contributed by atoms with E-state index in [-0.39, 0.29) is 36.7 Å². The van der Waals surface area contributed by atoms with Crippen molar-refractivity contribution < 1.29 is 47.6 Å². The van der Waals surface area contributed by atoms with E-state index in [9.17, 15) is 19.2 Å². The number of benzene rings is 1. The van der Waals surface area contributed by atoms with Gasteiger partial charge in [0.1, 0.15) is 11.6 Å². The highest BCUT2D eigenvalue weighted by atomic mass is 16.7. The van der Waals surface area contributed by atoms with Crippen molar-refractivity contribution in [1.29, 1.82) is 0 Å². The highest BCUT2D eigenvalue weighted by Gasteiger charge is 2.38. The highest BCUT2D eigenvalue weighted by molar-refractivity contribution is 5.81. The third-order valence-corrected chi connectivity index (χ3v) is 4.89. The summed E-state index contributed by atoms with van der Waals surface area (Å²) in [6.45, 7) is 10.2. The Hall–Kier alpha value is -3.34. The van der Waals surface area contributed by atoms with Gasteiger partial charge < -0.3 is 34.2 Å². The van der Waals surface area contributed by atoms with Crippen molar-refractivity contribution in [3.8, 4) is 11.5 Å². The first-order chi connectivity index (χ1) is 17.3. The van der Waals surface area contributed by atoms with Crippen molar-refractivity contribution in [2.45, 2.75) is 97.5 Å². The molecule has 0 aliphatic heterocycles. The summed E-state index contributed by atoms with van der Waals surface area (Å²) in [4.78, 5) is 48.8. The summed E-state index contributed by atoms with van der Waals surface area (Å²) >= 11 is 0. The molecule has 1 aromatic rings. The van der Waals surface area contributed by atoms with Gasteiger partial charge in [-0.25, -0.2) is 9.59 Å². The number of unbranched alkanes of at least 4 members (excludes halogenated alkanes) is 1. The van der Waals surface area contributed by atoms with Crippen LogP contribution in [0.2, 0.25) is 0 Å². The lowest BCUT2D eigenvalue weighted by Gasteiger charge is -2.29. The van der Waals surface area contributed by atoms with E-state index in [2.05, 4.69) is 0 Å². The number of esters is 2. The molecule has 0 saturated heterocycles. The van der Waals surface area contributed by atoms with E-state index in [0.717, 1.165) is 6.42 Å². The molecule has 0 radical (unpaired) electrons. The second kappa shape index (κ2) is 15.0. The molecule has 11 nitrogen and oxygen atoms in total. The molecular weight excluding hydrogens is 486 g/mol. The van der Waals surface area contributed by atoms with Crippen LogP contribution < -0.4 is 15.2 Å². The zero-order chi connectivity index (χ0) is 28.2. The van der Waals surface area contributed by atoms with Gasteiger partial charge in [-0.1, -0.05) is 19.4 Å². The molecule has 0 aliphatic carbocycles. The summed E-state index contributed by atoms with van der Waals surface area (Å²) in [6, 6.07) is 4.31. The SMILES string of the molecule is CCCCC(=O)OC(C)C[C@@](N)(Cc1ccc(OC(=O)OC(C)C)c(OC(=O)OC(C)C)c1)C(=O)OC. The molecule has 0 fully saturated rings. The van der Waals surface area contributed by atoms with Crippen LogP contribution in [-0.4, -0.2) is 55.2 Å². The van der Waals surface area contributed by atoms with Crippen LogP contribution in [0, 0.1) is 0 Å². The average molecular weight is 526 g/mol. The highest BCUT2D eigenvalue weighted by Crippen LogP contribution is 2.32. The molecule has 0 aliphatic rings. The summed E-state index contributed by atoms with van der Waals surface area (Å²) in [5.74, 6) is -1.34. The fourth-order valence-corrected chi connectivity index (χ4v) is 3.39. The first-order valence-electron chi connectivity index (χ1n) is 12.3. The predicted octanol–water partition coefficient (Wildman–Crippen LogP) is 4.46. The molecular formula is C26H39NO10. The second-order valence-electron chi connectivity index (χ2n) is 9.25. The summed E-state index contributed by atoms with van der Waals surface area (Å²) in [6.07, 6.45) is -1.86. The Bertz CT molecular complexity index is 930. The van der Waals surface area contributed by atoms with E-state index in [1.807, 2.05) is 6.92 Å². The molecule has 0 spiro atoms. The zero-order valence-electron chi connectivity index (χ0n) is 22.7. The van der Waals surface area contributed by atoms with Gasteiger partial charge in [0, 0.05) is 19.3 Å². The smallest absolute Gasteiger partial charge is 0.468 e. The lowest BCUT2D eigenvalue weighted by Crippen LogP contribution is -2.53. The Morgan fingerprint density at radius 1 is 0.892 bits per heavy atom. The summed E-state index contributed by atoms with van der Waals surface area (Å²) in [7, 11) is 1.20.